The van der Waals surface area contributed by atoms with Gasteiger partial charge in [0.15, 0.2) is 17.5 Å². The second kappa shape index (κ2) is 11.0. The van der Waals surface area contributed by atoms with Gasteiger partial charge < -0.3 is 29.7 Å². The number of benzene rings is 1. The molecule has 1 aromatic carbocycles. The third-order valence-corrected chi connectivity index (χ3v) is 5.43. The lowest BCUT2D eigenvalue weighted by Crippen LogP contribution is -2.54. The highest BCUT2D eigenvalue weighted by atomic mass is 16.5. The molecule has 1 amide bonds. The van der Waals surface area contributed by atoms with E-state index in [1.54, 1.807) is 6.07 Å². The van der Waals surface area contributed by atoms with Crippen molar-refractivity contribution in [2.24, 2.45) is 4.99 Å². The Hall–Kier alpha value is -2.52. The number of para-hydroxylation sites is 1. The number of carbonyl (C=O) groups excluding carboxylic acids is 1. The Morgan fingerprint density at radius 2 is 1.90 bits per heavy atom. The van der Waals surface area contributed by atoms with E-state index in [0.29, 0.717) is 45.1 Å². The van der Waals surface area contributed by atoms with Gasteiger partial charge in [-0.25, -0.2) is 4.99 Å². The first-order valence-electron chi connectivity index (χ1n) is 10.6. The molecule has 0 saturated carbocycles. The molecule has 2 aliphatic rings. The van der Waals surface area contributed by atoms with E-state index in [1.807, 2.05) is 24.0 Å². The van der Waals surface area contributed by atoms with Gasteiger partial charge in [0.1, 0.15) is 0 Å². The molecule has 0 bridgehead atoms. The molecule has 2 N–H and O–H groups in total. The molecule has 2 fully saturated rings. The number of carbonyl (C=O) groups is 1. The number of amides is 1. The van der Waals surface area contributed by atoms with Gasteiger partial charge in [-0.1, -0.05) is 12.1 Å². The summed E-state index contributed by atoms with van der Waals surface area (Å²) >= 11 is 0. The maximum absolute atomic E-state index is 12.5. The summed E-state index contributed by atoms with van der Waals surface area (Å²) in [5, 5.41) is 13.6. The van der Waals surface area contributed by atoms with Crippen LogP contribution < -0.4 is 10.1 Å². The number of nitrogens with one attached hydrogen (secondary N) is 1. The highest BCUT2D eigenvalue weighted by molar-refractivity contribution is 5.80. The summed E-state index contributed by atoms with van der Waals surface area (Å²) in [6.07, 6.45) is 0. The average Bonchev–Trinajstić information content (AvgIpc) is 2.78. The molecule has 30 heavy (non-hydrogen) atoms. The number of methoxy groups -OCH3 is 1. The van der Waals surface area contributed by atoms with Gasteiger partial charge in [-0.3, -0.25) is 9.69 Å². The van der Waals surface area contributed by atoms with Crippen LogP contribution in [0.25, 0.3) is 0 Å². The SMILES string of the molecule is CCNC(=NCc1cccc(OC)c1O)N1CCN(CC(=O)N2CCOCC2)CC1. The van der Waals surface area contributed by atoms with Crippen LogP contribution in [0.1, 0.15) is 12.5 Å². The van der Waals surface area contributed by atoms with Crippen LogP contribution in [0.4, 0.5) is 0 Å². The number of aromatic hydroxyl groups is 1. The predicted octanol–water partition coefficient (Wildman–Crippen LogP) is 0.343. The molecule has 0 aromatic heterocycles. The molecule has 2 heterocycles. The highest BCUT2D eigenvalue weighted by Gasteiger charge is 2.24. The van der Waals surface area contributed by atoms with E-state index in [2.05, 4.69) is 15.1 Å². The topological polar surface area (TPSA) is 89.9 Å². The van der Waals surface area contributed by atoms with Gasteiger partial charge in [-0.2, -0.15) is 0 Å². The predicted molar refractivity (Wildman–Crippen MR) is 115 cm³/mol. The molecular weight excluding hydrogens is 386 g/mol. The Kier molecular flexibility index (Phi) is 8.15. The van der Waals surface area contributed by atoms with Crippen LogP contribution in [0.3, 0.4) is 0 Å². The number of phenols is 1. The average molecular weight is 420 g/mol. The molecule has 166 valence electrons. The van der Waals surface area contributed by atoms with E-state index >= 15 is 0 Å². The Bertz CT molecular complexity index is 728. The van der Waals surface area contributed by atoms with E-state index in [-0.39, 0.29) is 11.7 Å². The van der Waals surface area contributed by atoms with Crippen LogP contribution in [-0.2, 0) is 16.1 Å². The highest BCUT2D eigenvalue weighted by Crippen LogP contribution is 2.29. The Balaban J connectivity index is 1.55. The first kappa shape index (κ1) is 22.2. The Morgan fingerprint density at radius 1 is 1.17 bits per heavy atom. The van der Waals surface area contributed by atoms with Crippen molar-refractivity contribution >= 4 is 11.9 Å². The molecule has 1 aromatic rings. The molecular formula is C21H33N5O4. The molecule has 2 saturated heterocycles. The molecule has 0 unspecified atom stereocenters. The number of morpholine rings is 1. The van der Waals surface area contributed by atoms with Crippen LogP contribution in [0.15, 0.2) is 23.2 Å². The van der Waals surface area contributed by atoms with Gasteiger partial charge in [-0.15, -0.1) is 0 Å². The zero-order valence-electron chi connectivity index (χ0n) is 18.0. The fraction of sp³-hybridized carbons (Fsp3) is 0.619. The standard InChI is InChI=1S/C21H33N5O4/c1-3-22-21(23-15-17-5-4-6-18(29-2)20(17)28)26-9-7-24(8-10-26)16-19(27)25-11-13-30-14-12-25/h4-6,28H,3,7-16H2,1-2H3,(H,22,23). The maximum Gasteiger partial charge on any atom is 0.236 e. The van der Waals surface area contributed by atoms with E-state index in [0.717, 1.165) is 44.2 Å². The Morgan fingerprint density at radius 3 is 2.57 bits per heavy atom. The van der Waals surface area contributed by atoms with Gasteiger partial charge in [0.2, 0.25) is 5.91 Å². The zero-order chi connectivity index (χ0) is 21.3. The molecule has 3 rings (SSSR count). The number of rotatable bonds is 6. The lowest BCUT2D eigenvalue weighted by molar-refractivity contribution is -0.136. The summed E-state index contributed by atoms with van der Waals surface area (Å²) in [5.74, 6) is 1.58. The number of piperazine rings is 1. The summed E-state index contributed by atoms with van der Waals surface area (Å²) in [4.78, 5) is 23.5. The van der Waals surface area contributed by atoms with Crippen LogP contribution in [0, 0.1) is 0 Å². The van der Waals surface area contributed by atoms with E-state index in [9.17, 15) is 9.90 Å². The number of guanidine groups is 1. The minimum atomic E-state index is 0.131. The molecule has 0 aliphatic carbocycles. The van der Waals surface area contributed by atoms with Crippen LogP contribution in [0.2, 0.25) is 0 Å². The molecule has 9 nitrogen and oxygen atoms in total. The quantitative estimate of drug-likeness (QED) is 0.508. The van der Waals surface area contributed by atoms with Gasteiger partial charge in [-0.05, 0) is 13.0 Å². The summed E-state index contributed by atoms with van der Waals surface area (Å²) in [6.45, 7) is 9.47. The van der Waals surface area contributed by atoms with Crippen molar-refractivity contribution in [3.63, 3.8) is 0 Å². The number of hydrogen-bond donors (Lipinski definition) is 2. The minimum absolute atomic E-state index is 0.131. The first-order chi connectivity index (χ1) is 14.6. The van der Waals surface area contributed by atoms with Crippen LogP contribution >= 0.6 is 0 Å². The fourth-order valence-corrected chi connectivity index (χ4v) is 3.67. The number of hydrogen-bond acceptors (Lipinski definition) is 6. The number of phenolic OH excluding ortho intramolecular Hbond substituents is 1. The Labute approximate surface area is 178 Å². The number of aliphatic imine (C=N–C) groups is 1. The van der Waals surface area contributed by atoms with Gasteiger partial charge in [0.25, 0.3) is 0 Å². The van der Waals surface area contributed by atoms with Crippen molar-refractivity contribution in [3.8, 4) is 11.5 Å². The van der Waals surface area contributed by atoms with Gasteiger partial charge in [0.05, 0.1) is 33.4 Å². The van der Waals surface area contributed by atoms with E-state index in [4.69, 9.17) is 14.5 Å². The largest absolute Gasteiger partial charge is 0.504 e. The second-order valence-corrected chi connectivity index (χ2v) is 7.39. The lowest BCUT2D eigenvalue weighted by Gasteiger charge is -2.37. The van der Waals surface area contributed by atoms with Crippen molar-refractivity contribution in [1.29, 1.82) is 0 Å². The maximum atomic E-state index is 12.5. The van der Waals surface area contributed by atoms with Crippen molar-refractivity contribution in [1.82, 2.24) is 20.0 Å². The normalized spacial score (nSPS) is 18.4. The van der Waals surface area contributed by atoms with Gasteiger partial charge >= 0.3 is 0 Å². The van der Waals surface area contributed by atoms with Crippen LogP contribution in [-0.4, -0.2) is 104 Å². The summed E-state index contributed by atoms with van der Waals surface area (Å²) in [5.41, 5.74) is 0.722. The fourth-order valence-electron chi connectivity index (χ4n) is 3.67. The molecule has 0 spiro atoms. The smallest absolute Gasteiger partial charge is 0.236 e. The van der Waals surface area contributed by atoms with Crippen molar-refractivity contribution < 1.29 is 19.4 Å². The second-order valence-electron chi connectivity index (χ2n) is 7.39. The number of nitrogens with zero attached hydrogens (tertiary/aromatic N) is 4. The zero-order valence-corrected chi connectivity index (χ0v) is 18.0. The molecule has 0 radical (unpaired) electrons. The van der Waals surface area contributed by atoms with Crippen LogP contribution in [0.5, 0.6) is 11.5 Å². The van der Waals surface area contributed by atoms with E-state index < -0.39 is 0 Å². The monoisotopic (exact) mass is 419 g/mol. The minimum Gasteiger partial charge on any atom is -0.504 e. The van der Waals surface area contributed by atoms with Gasteiger partial charge in [0, 0.05) is 51.4 Å². The first-order valence-corrected chi connectivity index (χ1v) is 10.6. The van der Waals surface area contributed by atoms with Crippen molar-refractivity contribution in [3.05, 3.63) is 23.8 Å². The third kappa shape index (κ3) is 5.76. The lowest BCUT2D eigenvalue weighted by atomic mass is 10.2. The molecule has 2 aliphatic heterocycles. The summed E-state index contributed by atoms with van der Waals surface area (Å²) in [6, 6.07) is 5.42. The van der Waals surface area contributed by atoms with Crippen molar-refractivity contribution in [2.45, 2.75) is 13.5 Å². The molecule has 0 atom stereocenters. The number of ether oxygens (including phenoxy) is 2. The third-order valence-electron chi connectivity index (χ3n) is 5.43. The van der Waals surface area contributed by atoms with E-state index in [1.165, 1.54) is 7.11 Å². The summed E-state index contributed by atoms with van der Waals surface area (Å²) < 4.78 is 10.5. The van der Waals surface area contributed by atoms with Crippen molar-refractivity contribution in [2.75, 3.05) is 72.7 Å². The molecule has 9 heteroatoms. The summed E-state index contributed by atoms with van der Waals surface area (Å²) in [7, 11) is 1.54.